The Morgan fingerprint density at radius 2 is 2.06 bits per heavy atom. The number of halogens is 3. The highest BCUT2D eigenvalue weighted by Gasteiger charge is 2.33. The molecule has 0 spiro atoms. The van der Waals surface area contributed by atoms with Gasteiger partial charge in [0, 0.05) is 0 Å². The van der Waals surface area contributed by atoms with Gasteiger partial charge in [0.2, 0.25) is 0 Å². The molecular formula is C8H6F3NO3S. The van der Waals surface area contributed by atoms with Gasteiger partial charge in [0.15, 0.2) is 0 Å². The van der Waals surface area contributed by atoms with Crippen molar-refractivity contribution in [3.63, 3.8) is 0 Å². The summed E-state index contributed by atoms with van der Waals surface area (Å²) in [4.78, 5) is 9.21. The van der Waals surface area contributed by atoms with E-state index in [1.807, 2.05) is 0 Å². The first-order chi connectivity index (χ1) is 7.33. The first kappa shape index (κ1) is 12.6. The third-order valence-corrected chi connectivity index (χ3v) is 2.39. The van der Waals surface area contributed by atoms with Gasteiger partial charge in [-0.1, -0.05) is 0 Å². The number of methoxy groups -OCH3 is 1. The van der Waals surface area contributed by atoms with Gasteiger partial charge in [0.25, 0.3) is 5.69 Å². The molecule has 16 heavy (non-hydrogen) atoms. The summed E-state index contributed by atoms with van der Waals surface area (Å²) in [5.74, 6) is 0.137. The molecule has 1 aromatic rings. The van der Waals surface area contributed by atoms with Crippen LogP contribution in [0.4, 0.5) is 18.9 Å². The Balaban J connectivity index is 3.13. The average molecular weight is 253 g/mol. The number of hydrogen-bond donors (Lipinski definition) is 0. The molecule has 1 aromatic carbocycles. The molecule has 0 saturated heterocycles. The normalized spacial score (nSPS) is 11.2. The lowest BCUT2D eigenvalue weighted by molar-refractivity contribution is -0.387. The van der Waals surface area contributed by atoms with Crippen molar-refractivity contribution in [1.82, 2.24) is 0 Å². The lowest BCUT2D eigenvalue weighted by Gasteiger charge is -2.07. The van der Waals surface area contributed by atoms with E-state index < -0.39 is 32.8 Å². The Kier molecular flexibility index (Phi) is 3.63. The summed E-state index contributed by atoms with van der Waals surface area (Å²) in [5, 5.41) is 10.5. The average Bonchev–Trinajstić information content (AvgIpc) is 2.15. The topological polar surface area (TPSA) is 52.4 Å². The Bertz CT molecular complexity index is 408. The van der Waals surface area contributed by atoms with E-state index in [0.29, 0.717) is 0 Å². The molecule has 0 heterocycles. The molecule has 0 amide bonds. The number of nitro benzene ring substituents is 1. The molecule has 0 radical (unpaired) electrons. The summed E-state index contributed by atoms with van der Waals surface area (Å²) < 4.78 is 40.9. The van der Waals surface area contributed by atoms with Gasteiger partial charge in [-0.25, -0.2) is 0 Å². The zero-order chi connectivity index (χ0) is 12.3. The Morgan fingerprint density at radius 1 is 1.44 bits per heavy atom. The van der Waals surface area contributed by atoms with E-state index in [-0.39, 0.29) is 5.75 Å². The van der Waals surface area contributed by atoms with Crippen LogP contribution in [0.25, 0.3) is 0 Å². The molecule has 0 N–H and O–H groups in total. The minimum atomic E-state index is -4.56. The second kappa shape index (κ2) is 4.60. The SMILES string of the molecule is COc1ccc(SC(F)(F)F)c([N+](=O)[O-])c1. The molecule has 0 unspecified atom stereocenters. The van der Waals surface area contributed by atoms with Crippen molar-refractivity contribution in [2.45, 2.75) is 10.4 Å². The maximum atomic E-state index is 12.1. The lowest BCUT2D eigenvalue weighted by atomic mass is 10.3. The van der Waals surface area contributed by atoms with Gasteiger partial charge in [-0.3, -0.25) is 10.1 Å². The lowest BCUT2D eigenvalue weighted by Crippen LogP contribution is -2.01. The van der Waals surface area contributed by atoms with Gasteiger partial charge in [0.05, 0.1) is 23.0 Å². The quantitative estimate of drug-likeness (QED) is 0.471. The van der Waals surface area contributed by atoms with Crippen LogP contribution in [-0.4, -0.2) is 17.5 Å². The van der Waals surface area contributed by atoms with Crippen molar-refractivity contribution in [2.24, 2.45) is 0 Å². The van der Waals surface area contributed by atoms with Crippen LogP contribution in [-0.2, 0) is 0 Å². The standard InChI is InChI=1S/C8H6F3NO3S/c1-15-5-2-3-7(16-8(9,10)11)6(4-5)12(13)14/h2-4H,1H3. The van der Waals surface area contributed by atoms with Gasteiger partial charge in [-0.05, 0) is 23.9 Å². The fourth-order valence-electron chi connectivity index (χ4n) is 0.978. The summed E-state index contributed by atoms with van der Waals surface area (Å²) in [6.45, 7) is 0. The van der Waals surface area contributed by atoms with Gasteiger partial charge in [-0.2, -0.15) is 13.2 Å². The Hall–Kier alpha value is -1.44. The number of nitro groups is 1. The molecule has 0 aliphatic heterocycles. The van der Waals surface area contributed by atoms with Crippen LogP contribution in [0.15, 0.2) is 23.1 Å². The molecule has 0 aliphatic rings. The second-order valence-corrected chi connectivity index (χ2v) is 3.75. The van der Waals surface area contributed by atoms with Crippen molar-refractivity contribution in [3.8, 4) is 5.75 Å². The predicted octanol–water partition coefficient (Wildman–Crippen LogP) is 3.22. The largest absolute Gasteiger partial charge is 0.497 e. The van der Waals surface area contributed by atoms with Gasteiger partial charge in [-0.15, -0.1) is 0 Å². The Labute approximate surface area is 92.5 Å². The van der Waals surface area contributed by atoms with Crippen LogP contribution in [0.5, 0.6) is 5.75 Å². The van der Waals surface area contributed by atoms with Crippen LogP contribution in [0, 0.1) is 10.1 Å². The van der Waals surface area contributed by atoms with E-state index in [0.717, 1.165) is 12.1 Å². The molecular weight excluding hydrogens is 247 g/mol. The van der Waals surface area contributed by atoms with Crippen LogP contribution in [0.2, 0.25) is 0 Å². The smallest absolute Gasteiger partial charge is 0.446 e. The first-order valence-corrected chi connectivity index (χ1v) is 4.73. The number of hydrogen-bond acceptors (Lipinski definition) is 4. The molecule has 4 nitrogen and oxygen atoms in total. The van der Waals surface area contributed by atoms with Crippen molar-refractivity contribution < 1.29 is 22.8 Å². The minimum absolute atomic E-state index is 0.137. The molecule has 0 atom stereocenters. The van der Waals surface area contributed by atoms with E-state index in [9.17, 15) is 23.3 Å². The van der Waals surface area contributed by atoms with Crippen LogP contribution in [0.1, 0.15) is 0 Å². The van der Waals surface area contributed by atoms with Gasteiger partial charge < -0.3 is 4.74 Å². The van der Waals surface area contributed by atoms with E-state index in [1.165, 1.54) is 13.2 Å². The van der Waals surface area contributed by atoms with Crippen LogP contribution >= 0.6 is 11.8 Å². The number of rotatable bonds is 3. The van der Waals surface area contributed by atoms with Crippen molar-refractivity contribution in [1.29, 1.82) is 0 Å². The highest BCUT2D eigenvalue weighted by molar-refractivity contribution is 8.00. The van der Waals surface area contributed by atoms with E-state index >= 15 is 0 Å². The van der Waals surface area contributed by atoms with Crippen LogP contribution in [0.3, 0.4) is 0 Å². The summed E-state index contributed by atoms with van der Waals surface area (Å²) in [5.41, 5.74) is -5.18. The summed E-state index contributed by atoms with van der Waals surface area (Å²) in [7, 11) is 1.27. The third kappa shape index (κ3) is 3.30. The van der Waals surface area contributed by atoms with Gasteiger partial charge >= 0.3 is 5.51 Å². The molecule has 8 heteroatoms. The molecule has 0 saturated carbocycles. The molecule has 1 rings (SSSR count). The number of ether oxygens (including phenoxy) is 1. The molecule has 0 bridgehead atoms. The zero-order valence-corrected chi connectivity index (χ0v) is 8.76. The molecule has 0 fully saturated rings. The number of benzene rings is 1. The maximum absolute atomic E-state index is 12.1. The monoisotopic (exact) mass is 253 g/mol. The second-order valence-electron chi connectivity index (χ2n) is 2.64. The number of nitrogens with zero attached hydrogens (tertiary/aromatic N) is 1. The van der Waals surface area contributed by atoms with E-state index in [4.69, 9.17) is 4.74 Å². The molecule has 0 aromatic heterocycles. The van der Waals surface area contributed by atoms with Crippen molar-refractivity contribution in [3.05, 3.63) is 28.3 Å². The third-order valence-electron chi connectivity index (χ3n) is 1.59. The highest BCUT2D eigenvalue weighted by atomic mass is 32.2. The number of thioether (sulfide) groups is 1. The van der Waals surface area contributed by atoms with E-state index in [2.05, 4.69) is 0 Å². The summed E-state index contributed by atoms with van der Waals surface area (Å²) in [6.07, 6.45) is 0. The zero-order valence-electron chi connectivity index (χ0n) is 7.95. The van der Waals surface area contributed by atoms with Crippen molar-refractivity contribution >= 4 is 17.4 Å². The van der Waals surface area contributed by atoms with Crippen molar-refractivity contribution in [2.75, 3.05) is 7.11 Å². The first-order valence-electron chi connectivity index (χ1n) is 3.91. The number of alkyl halides is 3. The fraction of sp³-hybridized carbons (Fsp3) is 0.250. The molecule has 88 valence electrons. The van der Waals surface area contributed by atoms with Gasteiger partial charge in [0.1, 0.15) is 5.75 Å². The minimum Gasteiger partial charge on any atom is -0.497 e. The van der Waals surface area contributed by atoms with E-state index in [1.54, 1.807) is 0 Å². The van der Waals surface area contributed by atoms with Crippen LogP contribution < -0.4 is 4.74 Å². The Morgan fingerprint density at radius 3 is 2.50 bits per heavy atom. The highest BCUT2D eigenvalue weighted by Crippen LogP contribution is 2.42. The summed E-state index contributed by atoms with van der Waals surface area (Å²) in [6, 6.07) is 3.20. The predicted molar refractivity (Wildman–Crippen MR) is 51.6 cm³/mol. The molecule has 0 aliphatic carbocycles. The summed E-state index contributed by atoms with van der Waals surface area (Å²) >= 11 is -0.522. The fourth-order valence-corrected chi connectivity index (χ4v) is 1.60. The maximum Gasteiger partial charge on any atom is 0.446 e.